The molecular weight excluding hydrogens is 262 g/mol. The van der Waals surface area contributed by atoms with Crippen molar-refractivity contribution in [3.05, 3.63) is 16.3 Å². The second-order valence-corrected chi connectivity index (χ2v) is 6.35. The predicted octanol–water partition coefficient (Wildman–Crippen LogP) is 2.67. The fraction of sp³-hybridized carbons (Fsp3) is 0.643. The maximum atomic E-state index is 12.0. The van der Waals surface area contributed by atoms with Crippen molar-refractivity contribution in [1.82, 2.24) is 5.32 Å². The highest BCUT2D eigenvalue weighted by molar-refractivity contribution is 7.12. The Morgan fingerprint density at radius 3 is 2.84 bits per heavy atom. The summed E-state index contributed by atoms with van der Waals surface area (Å²) in [6.07, 6.45) is 1.61. The molecule has 19 heavy (non-hydrogen) atoms. The zero-order chi connectivity index (χ0) is 14.5. The van der Waals surface area contributed by atoms with E-state index in [-0.39, 0.29) is 12.5 Å². The van der Waals surface area contributed by atoms with Gasteiger partial charge in [0.25, 0.3) is 5.91 Å². The fourth-order valence-electron chi connectivity index (χ4n) is 1.66. The normalized spacial score (nSPS) is 14.2. The van der Waals surface area contributed by atoms with E-state index in [0.717, 1.165) is 6.42 Å². The maximum Gasteiger partial charge on any atom is 0.265 e. The lowest BCUT2D eigenvalue weighted by Crippen LogP contribution is -2.40. The number of ether oxygens (including phenoxy) is 1. The number of hydrogen-bond donors (Lipinski definition) is 2. The first-order valence-electron chi connectivity index (χ1n) is 6.48. The van der Waals surface area contributed by atoms with E-state index in [1.807, 2.05) is 5.38 Å². The van der Waals surface area contributed by atoms with Crippen LogP contribution in [0.1, 0.15) is 43.3 Å². The van der Waals surface area contributed by atoms with E-state index in [2.05, 4.69) is 19.2 Å². The number of thiophene rings is 1. The predicted molar refractivity (Wildman–Crippen MR) is 77.9 cm³/mol. The molecule has 0 aliphatic heterocycles. The Bertz CT molecular complexity index is 413. The zero-order valence-electron chi connectivity index (χ0n) is 12.0. The van der Waals surface area contributed by atoms with E-state index in [1.54, 1.807) is 13.0 Å². The minimum absolute atomic E-state index is 0.198. The molecule has 0 aliphatic carbocycles. The molecule has 1 unspecified atom stereocenters. The van der Waals surface area contributed by atoms with E-state index >= 15 is 0 Å². The van der Waals surface area contributed by atoms with Crippen LogP contribution in [-0.4, -0.2) is 30.3 Å². The molecular formula is C14H23NO3S. The van der Waals surface area contributed by atoms with Crippen LogP contribution in [0.25, 0.3) is 0 Å². The quantitative estimate of drug-likeness (QED) is 0.810. The highest BCUT2D eigenvalue weighted by Crippen LogP contribution is 2.24. The smallest absolute Gasteiger partial charge is 0.265 e. The van der Waals surface area contributed by atoms with Gasteiger partial charge in [0.15, 0.2) is 0 Å². The molecule has 4 nitrogen and oxygen atoms in total. The Balaban J connectivity index is 2.49. The lowest BCUT2D eigenvalue weighted by molar-refractivity contribution is 0.0429. The van der Waals surface area contributed by atoms with Crippen LogP contribution in [0.5, 0.6) is 5.75 Å². The van der Waals surface area contributed by atoms with E-state index < -0.39 is 5.60 Å². The molecule has 1 aromatic rings. The van der Waals surface area contributed by atoms with Crippen molar-refractivity contribution in [3.8, 4) is 5.75 Å². The van der Waals surface area contributed by atoms with Crippen molar-refractivity contribution >= 4 is 17.2 Å². The van der Waals surface area contributed by atoms with Gasteiger partial charge in [0, 0.05) is 6.54 Å². The molecule has 108 valence electrons. The molecule has 0 saturated carbocycles. The fourth-order valence-corrected chi connectivity index (χ4v) is 2.44. The molecule has 5 heteroatoms. The van der Waals surface area contributed by atoms with Gasteiger partial charge in [-0.05, 0) is 37.1 Å². The number of aliphatic hydroxyl groups is 1. The van der Waals surface area contributed by atoms with Crippen LogP contribution in [0, 0.1) is 5.92 Å². The summed E-state index contributed by atoms with van der Waals surface area (Å²) in [5.74, 6) is 0.917. The minimum atomic E-state index is -0.871. The lowest BCUT2D eigenvalue weighted by Gasteiger charge is -2.24. The lowest BCUT2D eigenvalue weighted by atomic mass is 9.95. The van der Waals surface area contributed by atoms with Crippen molar-refractivity contribution < 1.29 is 14.6 Å². The molecule has 0 fully saturated rings. The van der Waals surface area contributed by atoms with Gasteiger partial charge in [0.2, 0.25) is 0 Å². The third-order valence-corrected chi connectivity index (χ3v) is 3.84. The van der Waals surface area contributed by atoms with Crippen LogP contribution in [0.2, 0.25) is 0 Å². The average molecular weight is 285 g/mol. The van der Waals surface area contributed by atoms with Gasteiger partial charge < -0.3 is 15.2 Å². The SMILES string of the molecule is COc1ccsc1C(=O)NCC(C)(O)CCC(C)C. The van der Waals surface area contributed by atoms with Crippen molar-refractivity contribution in [1.29, 1.82) is 0 Å². The van der Waals surface area contributed by atoms with Gasteiger partial charge in [-0.15, -0.1) is 11.3 Å². The highest BCUT2D eigenvalue weighted by atomic mass is 32.1. The van der Waals surface area contributed by atoms with E-state index in [4.69, 9.17) is 4.74 Å². The van der Waals surface area contributed by atoms with Crippen molar-refractivity contribution in [3.63, 3.8) is 0 Å². The summed E-state index contributed by atoms with van der Waals surface area (Å²) in [5, 5.41) is 14.8. The summed E-state index contributed by atoms with van der Waals surface area (Å²) in [4.78, 5) is 12.5. The van der Waals surface area contributed by atoms with Gasteiger partial charge >= 0.3 is 0 Å². The molecule has 1 rings (SSSR count). The Labute approximate surface area is 118 Å². The average Bonchev–Trinajstić information content (AvgIpc) is 2.82. The molecule has 0 saturated heterocycles. The third-order valence-electron chi connectivity index (χ3n) is 2.95. The number of rotatable bonds is 7. The Kier molecular flexibility index (Phi) is 5.82. The summed E-state index contributed by atoms with van der Waals surface area (Å²) < 4.78 is 5.10. The number of amides is 1. The second kappa shape index (κ2) is 6.91. The molecule has 1 aromatic heterocycles. The van der Waals surface area contributed by atoms with Crippen molar-refractivity contribution in [2.45, 2.75) is 39.2 Å². The van der Waals surface area contributed by atoms with Gasteiger partial charge in [-0.3, -0.25) is 4.79 Å². The number of hydrogen-bond acceptors (Lipinski definition) is 4. The molecule has 0 aromatic carbocycles. The largest absolute Gasteiger partial charge is 0.495 e. The number of methoxy groups -OCH3 is 1. The molecule has 1 atom stereocenters. The molecule has 0 radical (unpaired) electrons. The Hall–Kier alpha value is -1.07. The first-order valence-corrected chi connectivity index (χ1v) is 7.36. The van der Waals surface area contributed by atoms with Crippen LogP contribution in [-0.2, 0) is 0 Å². The molecule has 1 amide bonds. The van der Waals surface area contributed by atoms with Gasteiger partial charge in [-0.2, -0.15) is 0 Å². The van der Waals surface area contributed by atoms with E-state index in [9.17, 15) is 9.90 Å². The van der Waals surface area contributed by atoms with Gasteiger partial charge in [-0.25, -0.2) is 0 Å². The summed E-state index contributed by atoms with van der Waals surface area (Å²) >= 11 is 1.33. The summed E-state index contributed by atoms with van der Waals surface area (Å²) in [7, 11) is 1.54. The van der Waals surface area contributed by atoms with Crippen LogP contribution in [0.15, 0.2) is 11.4 Å². The number of carbonyl (C=O) groups is 1. The van der Waals surface area contributed by atoms with E-state index in [0.29, 0.717) is 23.0 Å². The Morgan fingerprint density at radius 1 is 1.58 bits per heavy atom. The second-order valence-electron chi connectivity index (χ2n) is 5.43. The minimum Gasteiger partial charge on any atom is -0.495 e. The van der Waals surface area contributed by atoms with Crippen LogP contribution in [0.3, 0.4) is 0 Å². The molecule has 0 spiro atoms. The molecule has 1 heterocycles. The first kappa shape index (κ1) is 16.0. The molecule has 2 N–H and O–H groups in total. The summed E-state index contributed by atoms with van der Waals surface area (Å²) in [6.45, 7) is 6.23. The first-order chi connectivity index (χ1) is 8.85. The van der Waals surface area contributed by atoms with Crippen LogP contribution >= 0.6 is 11.3 Å². The van der Waals surface area contributed by atoms with Crippen molar-refractivity contribution in [2.75, 3.05) is 13.7 Å². The monoisotopic (exact) mass is 285 g/mol. The van der Waals surface area contributed by atoms with Crippen LogP contribution in [0.4, 0.5) is 0 Å². The van der Waals surface area contributed by atoms with Gasteiger partial charge in [-0.1, -0.05) is 13.8 Å². The summed E-state index contributed by atoms with van der Waals surface area (Å²) in [5.41, 5.74) is -0.871. The molecule has 0 aliphatic rings. The maximum absolute atomic E-state index is 12.0. The molecule has 0 bridgehead atoms. The van der Waals surface area contributed by atoms with E-state index in [1.165, 1.54) is 18.4 Å². The zero-order valence-corrected chi connectivity index (χ0v) is 12.8. The van der Waals surface area contributed by atoms with Crippen LogP contribution < -0.4 is 10.1 Å². The van der Waals surface area contributed by atoms with Gasteiger partial charge in [0.05, 0.1) is 12.7 Å². The Morgan fingerprint density at radius 2 is 2.26 bits per heavy atom. The standard InChI is InChI=1S/C14H23NO3S/c1-10(2)5-7-14(3,17)9-15-13(16)12-11(18-4)6-8-19-12/h6,8,10,17H,5,7,9H2,1-4H3,(H,15,16). The van der Waals surface area contributed by atoms with Gasteiger partial charge in [0.1, 0.15) is 10.6 Å². The highest BCUT2D eigenvalue weighted by Gasteiger charge is 2.23. The number of carbonyl (C=O) groups excluding carboxylic acids is 1. The number of nitrogens with one attached hydrogen (secondary N) is 1. The van der Waals surface area contributed by atoms with Crippen molar-refractivity contribution in [2.24, 2.45) is 5.92 Å². The topological polar surface area (TPSA) is 58.6 Å². The summed E-state index contributed by atoms with van der Waals surface area (Å²) in [6, 6.07) is 1.76. The third kappa shape index (κ3) is 5.20.